The zero-order chi connectivity index (χ0) is 13.9. The van der Waals surface area contributed by atoms with E-state index in [0.29, 0.717) is 16.7 Å². The Labute approximate surface area is 121 Å². The lowest BCUT2D eigenvalue weighted by Gasteiger charge is -1.98. The number of hydrogen-bond acceptors (Lipinski definition) is 4. The van der Waals surface area contributed by atoms with Crippen molar-refractivity contribution < 1.29 is 9.26 Å². The van der Waals surface area contributed by atoms with Crippen LogP contribution in [0.5, 0.6) is 5.75 Å². The zero-order valence-corrected chi connectivity index (χ0v) is 11.5. The summed E-state index contributed by atoms with van der Waals surface area (Å²) in [6.45, 7) is 0. The van der Waals surface area contributed by atoms with Crippen molar-refractivity contribution in [1.82, 2.24) is 10.1 Å². The highest BCUT2D eigenvalue weighted by Gasteiger charge is 2.10. The van der Waals surface area contributed by atoms with Crippen LogP contribution in [0.3, 0.4) is 0 Å². The van der Waals surface area contributed by atoms with E-state index in [2.05, 4.69) is 10.1 Å². The molecule has 4 nitrogen and oxygen atoms in total. The van der Waals surface area contributed by atoms with Crippen molar-refractivity contribution in [3.05, 3.63) is 53.6 Å². The van der Waals surface area contributed by atoms with Gasteiger partial charge in [0.2, 0.25) is 5.82 Å². The Kier molecular flexibility index (Phi) is 3.39. The largest absolute Gasteiger partial charge is 0.497 e. The fourth-order valence-electron chi connectivity index (χ4n) is 1.79. The van der Waals surface area contributed by atoms with Gasteiger partial charge in [0.25, 0.3) is 5.89 Å². The van der Waals surface area contributed by atoms with Gasteiger partial charge in [0, 0.05) is 16.1 Å². The number of hydrogen-bond donors (Lipinski definition) is 0. The van der Waals surface area contributed by atoms with E-state index in [0.717, 1.165) is 16.9 Å². The number of ether oxygens (including phenoxy) is 1. The van der Waals surface area contributed by atoms with E-state index in [1.54, 1.807) is 19.2 Å². The number of aromatic nitrogens is 2. The van der Waals surface area contributed by atoms with E-state index < -0.39 is 0 Å². The Balaban J connectivity index is 1.91. The molecular formula is C15H11ClN2O2. The normalized spacial score (nSPS) is 10.5. The summed E-state index contributed by atoms with van der Waals surface area (Å²) in [6, 6.07) is 14.7. The van der Waals surface area contributed by atoms with Crippen LogP contribution in [0, 0.1) is 0 Å². The molecule has 0 spiro atoms. The summed E-state index contributed by atoms with van der Waals surface area (Å²) in [5.41, 5.74) is 1.71. The van der Waals surface area contributed by atoms with Crippen molar-refractivity contribution in [2.75, 3.05) is 7.11 Å². The van der Waals surface area contributed by atoms with Crippen molar-refractivity contribution in [2.24, 2.45) is 0 Å². The summed E-state index contributed by atoms with van der Waals surface area (Å²) in [6.07, 6.45) is 0. The topological polar surface area (TPSA) is 48.2 Å². The molecule has 5 heteroatoms. The average molecular weight is 287 g/mol. The van der Waals surface area contributed by atoms with E-state index in [9.17, 15) is 0 Å². The van der Waals surface area contributed by atoms with Gasteiger partial charge < -0.3 is 9.26 Å². The van der Waals surface area contributed by atoms with E-state index in [4.69, 9.17) is 20.9 Å². The van der Waals surface area contributed by atoms with Crippen LogP contribution in [0.2, 0.25) is 5.02 Å². The highest BCUT2D eigenvalue weighted by atomic mass is 35.5. The summed E-state index contributed by atoms with van der Waals surface area (Å²) >= 11 is 5.85. The van der Waals surface area contributed by atoms with Crippen molar-refractivity contribution in [2.45, 2.75) is 0 Å². The summed E-state index contributed by atoms with van der Waals surface area (Å²) < 4.78 is 10.4. The van der Waals surface area contributed by atoms with Crippen molar-refractivity contribution in [3.8, 4) is 28.6 Å². The smallest absolute Gasteiger partial charge is 0.258 e. The molecule has 3 rings (SSSR count). The molecule has 0 radical (unpaired) electrons. The van der Waals surface area contributed by atoms with Gasteiger partial charge in [-0.05, 0) is 48.5 Å². The second kappa shape index (κ2) is 5.35. The number of methoxy groups -OCH3 is 1. The highest BCUT2D eigenvalue weighted by molar-refractivity contribution is 6.30. The van der Waals surface area contributed by atoms with Gasteiger partial charge in [-0.3, -0.25) is 0 Å². The predicted octanol–water partition coefficient (Wildman–Crippen LogP) is 4.07. The first-order chi connectivity index (χ1) is 9.76. The summed E-state index contributed by atoms with van der Waals surface area (Å²) in [5.74, 6) is 1.79. The SMILES string of the molecule is COc1ccc(-c2nc(-c3ccc(Cl)cc3)no2)cc1. The lowest BCUT2D eigenvalue weighted by molar-refractivity contribution is 0.414. The minimum Gasteiger partial charge on any atom is -0.497 e. The lowest BCUT2D eigenvalue weighted by atomic mass is 10.2. The van der Waals surface area contributed by atoms with Crippen molar-refractivity contribution >= 4 is 11.6 Å². The third-order valence-corrected chi connectivity index (χ3v) is 3.12. The molecule has 0 aliphatic carbocycles. The molecule has 0 amide bonds. The van der Waals surface area contributed by atoms with E-state index in [1.165, 1.54) is 0 Å². The first-order valence-corrected chi connectivity index (χ1v) is 6.38. The Bertz CT molecular complexity index is 705. The van der Waals surface area contributed by atoms with E-state index >= 15 is 0 Å². The van der Waals surface area contributed by atoms with Crippen LogP contribution in [0.15, 0.2) is 53.1 Å². The molecule has 0 aliphatic heterocycles. The maximum atomic E-state index is 5.85. The first kappa shape index (κ1) is 12.7. The first-order valence-electron chi connectivity index (χ1n) is 6.00. The van der Waals surface area contributed by atoms with Gasteiger partial charge >= 0.3 is 0 Å². The molecule has 0 fully saturated rings. The van der Waals surface area contributed by atoms with Crippen LogP contribution >= 0.6 is 11.6 Å². The molecular weight excluding hydrogens is 276 g/mol. The molecule has 3 aromatic rings. The molecule has 0 bridgehead atoms. The quantitative estimate of drug-likeness (QED) is 0.728. The monoisotopic (exact) mass is 286 g/mol. The van der Waals surface area contributed by atoms with Gasteiger partial charge in [-0.25, -0.2) is 0 Å². The molecule has 0 unspecified atom stereocenters. The summed E-state index contributed by atoms with van der Waals surface area (Å²) in [7, 11) is 1.63. The second-order valence-electron chi connectivity index (χ2n) is 4.16. The average Bonchev–Trinajstić information content (AvgIpc) is 2.98. The van der Waals surface area contributed by atoms with Gasteiger partial charge in [-0.15, -0.1) is 0 Å². The maximum absolute atomic E-state index is 5.85. The third kappa shape index (κ3) is 2.51. The Morgan fingerprint density at radius 3 is 2.25 bits per heavy atom. The molecule has 1 aromatic heterocycles. The minimum atomic E-state index is 0.470. The van der Waals surface area contributed by atoms with E-state index in [-0.39, 0.29) is 0 Å². The predicted molar refractivity (Wildman–Crippen MR) is 76.7 cm³/mol. The molecule has 1 heterocycles. The molecule has 0 saturated carbocycles. The molecule has 0 saturated heterocycles. The molecule has 0 atom stereocenters. The zero-order valence-electron chi connectivity index (χ0n) is 10.7. The minimum absolute atomic E-state index is 0.470. The van der Waals surface area contributed by atoms with Crippen molar-refractivity contribution in [1.29, 1.82) is 0 Å². The number of halogens is 1. The van der Waals surface area contributed by atoms with Gasteiger partial charge in [0.15, 0.2) is 0 Å². The standard InChI is InChI=1S/C15H11ClN2O2/c1-19-13-8-4-11(5-9-13)15-17-14(18-20-15)10-2-6-12(16)7-3-10/h2-9H,1H3. The third-order valence-electron chi connectivity index (χ3n) is 2.87. The Morgan fingerprint density at radius 2 is 1.60 bits per heavy atom. The van der Waals surface area contributed by atoms with Gasteiger partial charge in [-0.1, -0.05) is 16.8 Å². The number of rotatable bonds is 3. The van der Waals surface area contributed by atoms with Gasteiger partial charge in [0.05, 0.1) is 7.11 Å². The Hall–Kier alpha value is -2.33. The van der Waals surface area contributed by atoms with Crippen LogP contribution in [-0.2, 0) is 0 Å². The molecule has 20 heavy (non-hydrogen) atoms. The van der Waals surface area contributed by atoms with E-state index in [1.807, 2.05) is 36.4 Å². The van der Waals surface area contributed by atoms with Crippen LogP contribution in [0.1, 0.15) is 0 Å². The van der Waals surface area contributed by atoms with Crippen LogP contribution in [0.25, 0.3) is 22.8 Å². The summed E-state index contributed by atoms with van der Waals surface area (Å²) in [5, 5.41) is 4.65. The summed E-state index contributed by atoms with van der Waals surface area (Å²) in [4.78, 5) is 4.37. The highest BCUT2D eigenvalue weighted by Crippen LogP contribution is 2.24. The molecule has 100 valence electrons. The lowest BCUT2D eigenvalue weighted by Crippen LogP contribution is -1.83. The fourth-order valence-corrected chi connectivity index (χ4v) is 1.92. The van der Waals surface area contributed by atoms with Crippen LogP contribution < -0.4 is 4.74 Å². The van der Waals surface area contributed by atoms with Crippen LogP contribution in [0.4, 0.5) is 0 Å². The Morgan fingerprint density at radius 1 is 0.950 bits per heavy atom. The maximum Gasteiger partial charge on any atom is 0.258 e. The number of benzene rings is 2. The second-order valence-corrected chi connectivity index (χ2v) is 4.59. The van der Waals surface area contributed by atoms with Gasteiger partial charge in [0.1, 0.15) is 5.75 Å². The van der Waals surface area contributed by atoms with Crippen LogP contribution in [-0.4, -0.2) is 17.3 Å². The molecule has 2 aromatic carbocycles. The van der Waals surface area contributed by atoms with Gasteiger partial charge in [-0.2, -0.15) is 4.98 Å². The van der Waals surface area contributed by atoms with Crippen molar-refractivity contribution in [3.63, 3.8) is 0 Å². The fraction of sp³-hybridized carbons (Fsp3) is 0.0667. The molecule has 0 N–H and O–H groups in total. The number of nitrogens with zero attached hydrogens (tertiary/aromatic N) is 2. The molecule has 0 aliphatic rings.